The van der Waals surface area contributed by atoms with Gasteiger partial charge >= 0.3 is 0 Å². The van der Waals surface area contributed by atoms with Crippen LogP contribution in [0.1, 0.15) is 29.7 Å². The molecule has 1 aromatic carbocycles. The highest BCUT2D eigenvalue weighted by molar-refractivity contribution is 7.22. The van der Waals surface area contributed by atoms with Crippen LogP contribution in [0.15, 0.2) is 30.5 Å². The van der Waals surface area contributed by atoms with Gasteiger partial charge in [-0.05, 0) is 50.3 Å². The maximum absolute atomic E-state index is 12.2. The summed E-state index contributed by atoms with van der Waals surface area (Å²) in [5.74, 6) is 0.582. The Hall–Kier alpha value is -2.47. The second kappa shape index (κ2) is 6.80. The molecule has 0 unspecified atom stereocenters. The molecule has 4 rings (SSSR count). The summed E-state index contributed by atoms with van der Waals surface area (Å²) >= 11 is 1.48. The van der Waals surface area contributed by atoms with Crippen molar-refractivity contribution in [2.24, 2.45) is 0 Å². The number of ether oxygens (including phenoxy) is 1. The predicted molar refractivity (Wildman–Crippen MR) is 99.4 cm³/mol. The van der Waals surface area contributed by atoms with Crippen LogP contribution in [0, 0.1) is 6.92 Å². The van der Waals surface area contributed by atoms with Crippen LogP contribution in [0.2, 0.25) is 0 Å². The van der Waals surface area contributed by atoms with Crippen molar-refractivity contribution in [2.75, 3.05) is 11.9 Å². The number of nitrogens with zero attached hydrogens (tertiary/aromatic N) is 2. The summed E-state index contributed by atoms with van der Waals surface area (Å²) in [6.07, 6.45) is 6.03. The quantitative estimate of drug-likeness (QED) is 0.773. The first-order valence-corrected chi connectivity index (χ1v) is 9.28. The van der Waals surface area contributed by atoms with Gasteiger partial charge in [-0.3, -0.25) is 15.1 Å². The predicted octanol–water partition coefficient (Wildman–Crippen LogP) is 3.90. The highest BCUT2D eigenvalue weighted by atomic mass is 32.1. The number of nitrogens with one attached hydrogen (secondary N) is 1. The standard InChI is InChI=1S/C19H19N3O2S/c1-12-5-4-8-16-18(12)22-19(25-16)21-17(23)11-24-15-9-10-20-14-7-3-2-6-13(14)15/h4-5,8-10H,2-3,6-7,11H2,1H3,(H,21,22,23). The molecule has 0 bridgehead atoms. The Morgan fingerprint density at radius 3 is 3.04 bits per heavy atom. The van der Waals surface area contributed by atoms with Gasteiger partial charge in [0, 0.05) is 17.5 Å². The van der Waals surface area contributed by atoms with Crippen molar-refractivity contribution in [3.63, 3.8) is 0 Å². The van der Waals surface area contributed by atoms with Crippen LogP contribution in [0.3, 0.4) is 0 Å². The van der Waals surface area contributed by atoms with Crippen molar-refractivity contribution in [3.8, 4) is 5.75 Å². The molecule has 1 N–H and O–H groups in total. The first kappa shape index (κ1) is 16.0. The maximum Gasteiger partial charge on any atom is 0.264 e. The number of pyridine rings is 1. The number of rotatable bonds is 4. The minimum absolute atomic E-state index is 0.0225. The van der Waals surface area contributed by atoms with E-state index in [1.165, 1.54) is 17.8 Å². The maximum atomic E-state index is 12.2. The van der Waals surface area contributed by atoms with Crippen LogP contribution in [-0.4, -0.2) is 22.5 Å². The number of hydrogen-bond donors (Lipinski definition) is 1. The third-order valence-electron chi connectivity index (χ3n) is 4.42. The van der Waals surface area contributed by atoms with E-state index < -0.39 is 0 Å². The number of para-hydroxylation sites is 1. The number of aryl methyl sites for hydroxylation is 2. The Labute approximate surface area is 150 Å². The van der Waals surface area contributed by atoms with E-state index in [1.807, 2.05) is 31.2 Å². The molecule has 0 radical (unpaired) electrons. The van der Waals surface area contributed by atoms with E-state index >= 15 is 0 Å². The molecule has 25 heavy (non-hydrogen) atoms. The van der Waals surface area contributed by atoms with Crippen LogP contribution in [0.4, 0.5) is 5.13 Å². The molecule has 0 spiro atoms. The smallest absolute Gasteiger partial charge is 0.264 e. The van der Waals surface area contributed by atoms with Crippen LogP contribution in [-0.2, 0) is 17.6 Å². The molecule has 1 amide bonds. The number of benzene rings is 1. The largest absolute Gasteiger partial charge is 0.483 e. The molecule has 2 aromatic heterocycles. The van der Waals surface area contributed by atoms with E-state index in [2.05, 4.69) is 15.3 Å². The van der Waals surface area contributed by atoms with Gasteiger partial charge in [0.1, 0.15) is 5.75 Å². The molecule has 5 nitrogen and oxygen atoms in total. The van der Waals surface area contributed by atoms with Crippen molar-refractivity contribution in [1.82, 2.24) is 9.97 Å². The Morgan fingerprint density at radius 2 is 2.16 bits per heavy atom. The number of anilines is 1. The molecule has 0 atom stereocenters. The van der Waals surface area contributed by atoms with E-state index in [9.17, 15) is 4.79 Å². The van der Waals surface area contributed by atoms with E-state index in [1.54, 1.807) is 6.20 Å². The zero-order chi connectivity index (χ0) is 17.2. The summed E-state index contributed by atoms with van der Waals surface area (Å²) in [7, 11) is 0. The number of carbonyl (C=O) groups is 1. The number of amides is 1. The molecule has 3 aromatic rings. The van der Waals surface area contributed by atoms with Gasteiger partial charge in [0.15, 0.2) is 11.7 Å². The Bertz CT molecular complexity index is 936. The zero-order valence-electron chi connectivity index (χ0n) is 14.0. The second-order valence-corrected chi connectivity index (χ2v) is 7.25. The van der Waals surface area contributed by atoms with E-state index in [0.717, 1.165) is 52.0 Å². The number of fused-ring (bicyclic) bond motifs is 2. The first-order chi connectivity index (χ1) is 12.2. The SMILES string of the molecule is Cc1cccc2sc(NC(=O)COc3ccnc4c3CCCC4)nc12. The minimum atomic E-state index is -0.196. The lowest BCUT2D eigenvalue weighted by atomic mass is 9.95. The van der Waals surface area contributed by atoms with Crippen molar-refractivity contribution < 1.29 is 9.53 Å². The van der Waals surface area contributed by atoms with Crippen molar-refractivity contribution in [3.05, 3.63) is 47.3 Å². The lowest BCUT2D eigenvalue weighted by Crippen LogP contribution is -2.21. The summed E-state index contributed by atoms with van der Waals surface area (Å²) in [5, 5.41) is 3.44. The number of thiazole rings is 1. The lowest BCUT2D eigenvalue weighted by Gasteiger charge is -2.18. The fourth-order valence-corrected chi connectivity index (χ4v) is 4.13. The van der Waals surface area contributed by atoms with E-state index in [4.69, 9.17) is 4.74 Å². The molecule has 1 aliphatic rings. The van der Waals surface area contributed by atoms with Gasteiger partial charge in [0.25, 0.3) is 5.91 Å². The number of carbonyl (C=O) groups excluding carboxylic acids is 1. The van der Waals surface area contributed by atoms with Gasteiger partial charge < -0.3 is 4.74 Å². The molecular weight excluding hydrogens is 334 g/mol. The zero-order valence-corrected chi connectivity index (χ0v) is 14.9. The Morgan fingerprint density at radius 1 is 1.28 bits per heavy atom. The summed E-state index contributed by atoms with van der Waals surface area (Å²) in [4.78, 5) is 21.1. The van der Waals surface area contributed by atoms with Crippen LogP contribution in [0.5, 0.6) is 5.75 Å². The average molecular weight is 353 g/mol. The number of hydrogen-bond acceptors (Lipinski definition) is 5. The van der Waals surface area contributed by atoms with Gasteiger partial charge in [-0.15, -0.1) is 0 Å². The molecule has 2 heterocycles. The Balaban J connectivity index is 1.43. The van der Waals surface area contributed by atoms with Crippen molar-refractivity contribution in [2.45, 2.75) is 32.6 Å². The van der Waals surface area contributed by atoms with Crippen LogP contribution in [0.25, 0.3) is 10.2 Å². The molecule has 0 saturated carbocycles. The number of aromatic nitrogens is 2. The third-order valence-corrected chi connectivity index (χ3v) is 5.35. The monoisotopic (exact) mass is 353 g/mol. The molecule has 0 saturated heterocycles. The molecule has 0 fully saturated rings. The minimum Gasteiger partial charge on any atom is -0.483 e. The highest BCUT2D eigenvalue weighted by Crippen LogP contribution is 2.29. The van der Waals surface area contributed by atoms with Crippen LogP contribution < -0.4 is 10.1 Å². The second-order valence-electron chi connectivity index (χ2n) is 6.22. The Kier molecular flexibility index (Phi) is 4.36. The van der Waals surface area contributed by atoms with Gasteiger partial charge in [0.2, 0.25) is 0 Å². The molecule has 128 valence electrons. The molecule has 0 aliphatic heterocycles. The summed E-state index contributed by atoms with van der Waals surface area (Å²) in [6, 6.07) is 7.87. The lowest BCUT2D eigenvalue weighted by molar-refractivity contribution is -0.118. The normalized spacial score (nSPS) is 13.5. The topological polar surface area (TPSA) is 64.1 Å². The van der Waals surface area contributed by atoms with Crippen molar-refractivity contribution in [1.29, 1.82) is 0 Å². The fourth-order valence-electron chi connectivity index (χ4n) is 3.17. The van der Waals surface area contributed by atoms with Gasteiger partial charge in [-0.25, -0.2) is 4.98 Å². The van der Waals surface area contributed by atoms with Crippen molar-refractivity contribution >= 4 is 32.6 Å². The molecule has 6 heteroatoms. The molecule has 1 aliphatic carbocycles. The highest BCUT2D eigenvalue weighted by Gasteiger charge is 2.16. The summed E-state index contributed by atoms with van der Waals surface area (Å²) in [6.45, 7) is 1.99. The van der Waals surface area contributed by atoms with Crippen LogP contribution >= 0.6 is 11.3 Å². The van der Waals surface area contributed by atoms with E-state index in [0.29, 0.717) is 5.13 Å². The van der Waals surface area contributed by atoms with Gasteiger partial charge in [0.05, 0.1) is 10.2 Å². The van der Waals surface area contributed by atoms with Gasteiger partial charge in [-0.1, -0.05) is 23.5 Å². The fraction of sp³-hybridized carbons (Fsp3) is 0.316. The van der Waals surface area contributed by atoms with Gasteiger partial charge in [-0.2, -0.15) is 0 Å². The average Bonchev–Trinajstić information content (AvgIpc) is 3.04. The molecular formula is C19H19N3O2S. The van der Waals surface area contributed by atoms with E-state index in [-0.39, 0.29) is 12.5 Å². The third kappa shape index (κ3) is 3.35. The summed E-state index contributed by atoms with van der Waals surface area (Å²) in [5.41, 5.74) is 4.30. The summed E-state index contributed by atoms with van der Waals surface area (Å²) < 4.78 is 6.83. The first-order valence-electron chi connectivity index (χ1n) is 8.46.